The minimum absolute atomic E-state index is 0. The average molecular weight is 619 g/mol. The number of quaternary nitrogens is 2. The number of nitrogens with two attached hydrogens (primary N) is 1. The molecule has 0 aromatic heterocycles. The molecule has 0 rings (SSSR count). The van der Waals surface area contributed by atoms with E-state index in [0.29, 0.717) is 28.5 Å². The molecule has 0 fully saturated rings. The second-order valence-corrected chi connectivity index (χ2v) is 12.5. The van der Waals surface area contributed by atoms with Crippen molar-refractivity contribution in [3.8, 4) is 0 Å². The fraction of sp³-hybridized carbons (Fsp3) is 0.929. The van der Waals surface area contributed by atoms with Gasteiger partial charge in [-0.15, -0.1) is 0 Å². The Labute approximate surface area is 275 Å². The summed E-state index contributed by atoms with van der Waals surface area (Å²) < 4.78 is 36.3. The fourth-order valence-corrected chi connectivity index (χ4v) is 4.71. The van der Waals surface area contributed by atoms with Crippen LogP contribution in [0.2, 0.25) is 0 Å². The Balaban J connectivity index is -0.000000125. The normalized spacial score (nSPS) is 12.8. The first-order chi connectivity index (χ1) is 13.7. The van der Waals surface area contributed by atoms with Crippen molar-refractivity contribution in [3.05, 3.63) is 0 Å². The molecule has 0 saturated heterocycles. The number of carbonyl (C=O) groups is 2. The van der Waals surface area contributed by atoms with Gasteiger partial charge in [0.05, 0.1) is 50.6 Å². The number of hydrogen-bond donors (Lipinski definition) is 3. The Bertz CT molecular complexity index is 727. The van der Waals surface area contributed by atoms with Crippen molar-refractivity contribution >= 4 is 21.9 Å². The molecule has 4 N–H and O–H groups in total. The molecule has 10 nitrogen and oxygen atoms in total. The molecule has 0 spiro atoms. The van der Waals surface area contributed by atoms with Crippen LogP contribution < -0.4 is 40.6 Å². The molecule has 0 radical (unpaired) electrons. The standard InChI is InChI=1S/C20H42N4O6S.8CH4.Na/c1-9-15(18(21)26)10-17(31(28,29)30)11-20(2,3)19(27)22-14-24(7,8)13-16(25)12-23(4,5)6;;;;;;;;;/h15-17,25H,9-14H2,1-8H3,(H2-2,21,22,26,27,28,29,30);8*1H4;/q;;;;;;;;;+1/p+1. The first kappa shape index (κ1) is 67.4. The third kappa shape index (κ3) is 27.9. The van der Waals surface area contributed by atoms with Gasteiger partial charge in [0.25, 0.3) is 0 Å². The molecule has 3 unspecified atom stereocenters. The van der Waals surface area contributed by atoms with Crippen LogP contribution in [0.3, 0.4) is 0 Å². The van der Waals surface area contributed by atoms with E-state index in [9.17, 15) is 27.7 Å². The van der Waals surface area contributed by atoms with Crippen LogP contribution >= 0.6 is 0 Å². The maximum atomic E-state index is 12.8. The van der Waals surface area contributed by atoms with Crippen molar-refractivity contribution in [2.24, 2.45) is 17.1 Å². The summed E-state index contributed by atoms with van der Waals surface area (Å²) in [6.45, 7) is 6.03. The maximum Gasteiger partial charge on any atom is 1.00 e. The molecule has 0 aromatic rings. The molecular formula is C28H75N4NaO6S+2. The van der Waals surface area contributed by atoms with E-state index in [4.69, 9.17) is 5.73 Å². The molecular weight excluding hydrogens is 543 g/mol. The molecule has 0 aliphatic carbocycles. The van der Waals surface area contributed by atoms with Crippen LogP contribution in [0, 0.1) is 11.3 Å². The summed E-state index contributed by atoms with van der Waals surface area (Å²) in [5.41, 5.74) is 4.14. The smallest absolute Gasteiger partial charge is 0.748 e. The average Bonchev–Trinajstić information content (AvgIpc) is 2.52. The largest absolute Gasteiger partial charge is 1.00 e. The quantitative estimate of drug-likeness (QED) is 0.116. The first-order valence-corrected chi connectivity index (χ1v) is 12.0. The van der Waals surface area contributed by atoms with Crippen LogP contribution in [0.15, 0.2) is 0 Å². The van der Waals surface area contributed by atoms with Gasteiger partial charge in [0.15, 0.2) is 12.8 Å². The van der Waals surface area contributed by atoms with E-state index in [-0.39, 0.29) is 108 Å². The number of likely N-dealkylation sites (N-methyl/N-ethyl adjacent to an activating group) is 2. The van der Waals surface area contributed by atoms with Gasteiger partial charge in [0, 0.05) is 11.3 Å². The number of carbonyl (C=O) groups excluding carboxylic acids is 2. The van der Waals surface area contributed by atoms with Crippen LogP contribution in [0.25, 0.3) is 0 Å². The van der Waals surface area contributed by atoms with Crippen molar-refractivity contribution < 1.29 is 66.2 Å². The van der Waals surface area contributed by atoms with Gasteiger partial charge in [-0.25, -0.2) is 8.42 Å². The van der Waals surface area contributed by atoms with E-state index in [1.165, 1.54) is 0 Å². The second-order valence-electron chi connectivity index (χ2n) is 10.9. The van der Waals surface area contributed by atoms with E-state index in [1.54, 1.807) is 20.8 Å². The minimum Gasteiger partial charge on any atom is -0.748 e. The van der Waals surface area contributed by atoms with Crippen LogP contribution in [-0.2, 0) is 19.7 Å². The Kier molecular flexibility index (Phi) is 44.4. The second kappa shape index (κ2) is 26.4. The van der Waals surface area contributed by atoms with Crippen LogP contribution in [-0.4, -0.2) is 105 Å². The number of aliphatic hydroxyl groups excluding tert-OH is 1. The van der Waals surface area contributed by atoms with Crippen LogP contribution in [0.1, 0.15) is 99.4 Å². The van der Waals surface area contributed by atoms with Crippen LogP contribution in [0.4, 0.5) is 0 Å². The SMILES string of the molecule is C.C.C.C.C.C.C.C.CCC(CC(CC(C)(C)C(=O)NC[N+](C)(C)CC(O)C[N+](C)(C)C)S(=O)(=O)[O-])C(N)=O.[Na+]. The zero-order chi connectivity index (χ0) is 24.8. The molecule has 2 amide bonds. The molecule has 12 heteroatoms. The molecule has 0 aliphatic heterocycles. The van der Waals surface area contributed by atoms with E-state index < -0.39 is 44.6 Å². The Hall–Kier alpha value is -0.270. The van der Waals surface area contributed by atoms with Crippen molar-refractivity contribution in [1.29, 1.82) is 0 Å². The van der Waals surface area contributed by atoms with E-state index in [0.717, 1.165) is 0 Å². The van der Waals surface area contributed by atoms with Crippen molar-refractivity contribution in [3.63, 3.8) is 0 Å². The topological polar surface area (TPSA) is 150 Å². The minimum atomic E-state index is -4.72. The predicted octanol–water partition coefficient (Wildman–Crippen LogP) is 1.53. The third-order valence-corrected chi connectivity index (χ3v) is 6.51. The third-order valence-electron chi connectivity index (χ3n) is 5.33. The van der Waals surface area contributed by atoms with Crippen molar-refractivity contribution in [1.82, 2.24) is 5.32 Å². The van der Waals surface area contributed by atoms with Gasteiger partial charge in [0.1, 0.15) is 13.1 Å². The molecule has 0 saturated carbocycles. The monoisotopic (exact) mass is 619 g/mol. The summed E-state index contributed by atoms with van der Waals surface area (Å²) in [7, 11) is 4.96. The first-order valence-electron chi connectivity index (χ1n) is 10.5. The summed E-state index contributed by atoms with van der Waals surface area (Å²) in [5, 5.41) is 11.7. The fourth-order valence-electron chi connectivity index (χ4n) is 3.62. The van der Waals surface area contributed by atoms with Gasteiger partial charge in [-0.2, -0.15) is 0 Å². The van der Waals surface area contributed by atoms with Gasteiger partial charge in [-0.1, -0.05) is 80.2 Å². The number of aliphatic hydroxyl groups is 1. The van der Waals surface area contributed by atoms with Crippen molar-refractivity contribution in [2.45, 2.75) is 111 Å². The van der Waals surface area contributed by atoms with Gasteiger partial charge >= 0.3 is 29.6 Å². The number of primary amides is 1. The molecule has 0 bridgehead atoms. The Morgan fingerprint density at radius 1 is 0.925 bits per heavy atom. The molecule has 3 atom stereocenters. The molecule has 0 aliphatic rings. The van der Waals surface area contributed by atoms with E-state index in [2.05, 4.69) is 5.32 Å². The zero-order valence-electron chi connectivity index (χ0n) is 21.3. The summed E-state index contributed by atoms with van der Waals surface area (Å²) in [6.07, 6.45) is -0.663. The van der Waals surface area contributed by atoms with Gasteiger partial charge < -0.3 is 29.7 Å². The van der Waals surface area contributed by atoms with Gasteiger partial charge in [0.2, 0.25) is 11.8 Å². The number of hydrogen-bond acceptors (Lipinski definition) is 6. The Morgan fingerprint density at radius 2 is 1.32 bits per heavy atom. The van der Waals surface area contributed by atoms with Gasteiger partial charge in [-0.3, -0.25) is 9.59 Å². The molecule has 0 aromatic carbocycles. The summed E-state index contributed by atoms with van der Waals surface area (Å²) in [6, 6.07) is 0. The van der Waals surface area contributed by atoms with E-state index >= 15 is 0 Å². The number of rotatable bonds is 14. The van der Waals surface area contributed by atoms with Crippen molar-refractivity contribution in [2.75, 3.05) is 55.0 Å². The summed E-state index contributed by atoms with van der Waals surface area (Å²) >= 11 is 0. The Morgan fingerprint density at radius 3 is 1.62 bits per heavy atom. The van der Waals surface area contributed by atoms with Crippen LogP contribution in [0.5, 0.6) is 0 Å². The van der Waals surface area contributed by atoms with Gasteiger partial charge in [-0.05, 0) is 19.3 Å². The predicted molar refractivity (Wildman–Crippen MR) is 172 cm³/mol. The molecule has 248 valence electrons. The number of amides is 2. The summed E-state index contributed by atoms with van der Waals surface area (Å²) in [5.74, 6) is -1.81. The number of nitrogens with zero attached hydrogens (tertiary/aromatic N) is 2. The summed E-state index contributed by atoms with van der Waals surface area (Å²) in [4.78, 5) is 24.3. The zero-order valence-corrected chi connectivity index (χ0v) is 24.2. The molecule has 40 heavy (non-hydrogen) atoms. The maximum absolute atomic E-state index is 12.8. The van der Waals surface area contributed by atoms with E-state index in [1.807, 2.05) is 35.2 Å². The number of nitrogens with one attached hydrogen (secondary N) is 1. The molecule has 0 heterocycles.